The van der Waals surface area contributed by atoms with Crippen LogP contribution in [0.15, 0.2) is 66.1 Å². The van der Waals surface area contributed by atoms with Crippen LogP contribution in [0.25, 0.3) is 0 Å². The van der Waals surface area contributed by atoms with Crippen molar-refractivity contribution in [2.45, 2.75) is 23.2 Å². The normalized spacial score (nSPS) is 19.3. The number of sulfonamides is 1. The van der Waals surface area contributed by atoms with Crippen LogP contribution in [0.2, 0.25) is 5.02 Å². The maximum absolute atomic E-state index is 13.2. The average molecular weight is 513 g/mol. The lowest BCUT2D eigenvalue weighted by Gasteiger charge is -2.21. The number of hydrogen-bond donors (Lipinski definition) is 1. The van der Waals surface area contributed by atoms with Crippen molar-refractivity contribution in [2.24, 2.45) is 7.05 Å². The minimum Gasteiger partial charge on any atom is -0.347 e. The van der Waals surface area contributed by atoms with Gasteiger partial charge in [-0.25, -0.2) is 13.4 Å². The largest absolute Gasteiger partial charge is 0.417 e. The van der Waals surface area contributed by atoms with E-state index in [1.807, 2.05) is 0 Å². The number of amides is 1. The molecule has 4 rings (SSSR count). The lowest BCUT2D eigenvalue weighted by molar-refractivity contribution is -0.137. The van der Waals surface area contributed by atoms with Gasteiger partial charge in [-0.2, -0.15) is 17.5 Å². The Morgan fingerprint density at radius 3 is 2.44 bits per heavy atom. The number of aryl methyl sites for hydroxylation is 1. The topological polar surface area (TPSA) is 84.3 Å². The molecular weight excluding hydrogens is 493 g/mol. The van der Waals surface area contributed by atoms with Crippen LogP contribution < -0.4 is 5.32 Å². The van der Waals surface area contributed by atoms with Gasteiger partial charge in [-0.3, -0.25) is 4.79 Å². The van der Waals surface area contributed by atoms with Gasteiger partial charge in [-0.1, -0.05) is 48.0 Å². The second kappa shape index (κ2) is 9.05. The fraction of sp³-hybridized carbons (Fsp3) is 0.273. The van der Waals surface area contributed by atoms with Gasteiger partial charge >= 0.3 is 6.18 Å². The summed E-state index contributed by atoms with van der Waals surface area (Å²) in [6.45, 7) is -0.0228. The van der Waals surface area contributed by atoms with Crippen molar-refractivity contribution < 1.29 is 26.4 Å². The summed E-state index contributed by atoms with van der Waals surface area (Å²) in [5, 5.41) is 1.86. The summed E-state index contributed by atoms with van der Waals surface area (Å²) in [6, 6.07) is 11.4. The van der Waals surface area contributed by atoms with Crippen molar-refractivity contribution in [3.05, 3.63) is 82.8 Å². The molecule has 0 aliphatic carbocycles. The monoisotopic (exact) mass is 512 g/mol. The number of nitrogens with one attached hydrogen (secondary N) is 1. The molecule has 34 heavy (non-hydrogen) atoms. The third kappa shape index (κ3) is 4.68. The van der Waals surface area contributed by atoms with Gasteiger partial charge in [0, 0.05) is 32.3 Å². The van der Waals surface area contributed by atoms with E-state index in [-0.39, 0.29) is 23.7 Å². The first-order valence-corrected chi connectivity index (χ1v) is 12.0. The average Bonchev–Trinajstić information content (AvgIpc) is 3.41. The van der Waals surface area contributed by atoms with E-state index in [0.717, 1.165) is 17.7 Å². The van der Waals surface area contributed by atoms with Gasteiger partial charge in [0.25, 0.3) is 15.9 Å². The third-order valence-corrected chi connectivity index (χ3v) is 7.79. The SMILES string of the molecule is Cn1cnc(S(=O)(=O)N2C[C@H](NC(=O)c3cccc(C(F)(F)F)c3Cl)[C@@H](c3ccccc3)C2)c1. The quantitative estimate of drug-likeness (QED) is 0.565. The van der Waals surface area contributed by atoms with Gasteiger partial charge in [-0.05, 0) is 17.7 Å². The Balaban J connectivity index is 1.65. The summed E-state index contributed by atoms with van der Waals surface area (Å²) in [5.41, 5.74) is -0.678. The van der Waals surface area contributed by atoms with Gasteiger partial charge in [-0.15, -0.1) is 0 Å². The molecule has 180 valence electrons. The predicted molar refractivity (Wildman–Crippen MR) is 119 cm³/mol. The van der Waals surface area contributed by atoms with E-state index < -0.39 is 44.7 Å². The molecule has 0 bridgehead atoms. The van der Waals surface area contributed by atoms with Crippen LogP contribution in [-0.4, -0.2) is 47.3 Å². The van der Waals surface area contributed by atoms with Gasteiger partial charge in [0.05, 0.1) is 28.5 Å². The zero-order valence-electron chi connectivity index (χ0n) is 17.8. The second-order valence-corrected chi connectivity index (χ2v) is 10.2. The van der Waals surface area contributed by atoms with Crippen LogP contribution in [0.3, 0.4) is 0 Å². The molecule has 1 aliphatic heterocycles. The molecule has 7 nitrogen and oxygen atoms in total. The summed E-state index contributed by atoms with van der Waals surface area (Å²) in [7, 11) is -2.31. The predicted octanol–water partition coefficient (Wildman–Crippen LogP) is 3.68. The van der Waals surface area contributed by atoms with E-state index >= 15 is 0 Å². The number of carbonyl (C=O) groups excluding carboxylic acids is 1. The summed E-state index contributed by atoms with van der Waals surface area (Å²) in [4.78, 5) is 16.9. The van der Waals surface area contributed by atoms with Gasteiger partial charge < -0.3 is 9.88 Å². The lowest BCUT2D eigenvalue weighted by atomic mass is 9.94. The number of rotatable bonds is 5. The molecule has 1 N–H and O–H groups in total. The van der Waals surface area contributed by atoms with Crippen molar-refractivity contribution >= 4 is 27.5 Å². The Labute approximate surface area is 199 Å². The Hall–Kier alpha value is -2.89. The number of aromatic nitrogens is 2. The molecule has 2 aromatic carbocycles. The molecule has 1 fully saturated rings. The molecule has 0 radical (unpaired) electrons. The van der Waals surface area contributed by atoms with Gasteiger partial charge in [0.2, 0.25) is 0 Å². The fourth-order valence-electron chi connectivity index (χ4n) is 3.97. The van der Waals surface area contributed by atoms with Crippen LogP contribution in [0.1, 0.15) is 27.4 Å². The summed E-state index contributed by atoms with van der Waals surface area (Å²) in [6.07, 6.45) is -1.98. The Kier molecular flexibility index (Phi) is 6.45. The fourth-order valence-corrected chi connectivity index (χ4v) is 5.75. The Morgan fingerprint density at radius 2 is 1.82 bits per heavy atom. The van der Waals surface area contributed by atoms with E-state index in [0.29, 0.717) is 0 Å². The smallest absolute Gasteiger partial charge is 0.347 e. The van der Waals surface area contributed by atoms with E-state index in [1.165, 1.54) is 27.5 Å². The first kappa shape index (κ1) is 24.2. The van der Waals surface area contributed by atoms with Crippen LogP contribution in [0, 0.1) is 0 Å². The molecule has 12 heteroatoms. The number of imidazole rings is 1. The highest BCUT2D eigenvalue weighted by Crippen LogP contribution is 2.37. The van der Waals surface area contributed by atoms with Crippen LogP contribution >= 0.6 is 11.6 Å². The summed E-state index contributed by atoms with van der Waals surface area (Å²) >= 11 is 5.91. The Morgan fingerprint density at radius 1 is 1.12 bits per heavy atom. The highest BCUT2D eigenvalue weighted by atomic mass is 35.5. The number of alkyl halides is 3. The highest BCUT2D eigenvalue weighted by Gasteiger charge is 2.42. The molecule has 1 aliphatic rings. The number of hydrogen-bond acceptors (Lipinski definition) is 4. The van der Waals surface area contributed by atoms with Gasteiger partial charge in [0.15, 0.2) is 5.03 Å². The summed E-state index contributed by atoms with van der Waals surface area (Å²) in [5.74, 6) is -1.26. The van der Waals surface area contributed by atoms with Crippen molar-refractivity contribution in [3.63, 3.8) is 0 Å². The molecule has 3 aromatic rings. The van der Waals surface area contributed by atoms with E-state index in [1.54, 1.807) is 37.4 Å². The second-order valence-electron chi connectivity index (χ2n) is 7.96. The first-order valence-electron chi connectivity index (χ1n) is 10.2. The zero-order chi connectivity index (χ0) is 24.7. The van der Waals surface area contributed by atoms with Gasteiger partial charge in [0.1, 0.15) is 0 Å². The van der Waals surface area contributed by atoms with Crippen LogP contribution in [0.5, 0.6) is 0 Å². The number of halogens is 4. The zero-order valence-corrected chi connectivity index (χ0v) is 19.4. The van der Waals surface area contributed by atoms with Crippen molar-refractivity contribution in [3.8, 4) is 0 Å². The van der Waals surface area contributed by atoms with Crippen LogP contribution in [0.4, 0.5) is 13.2 Å². The Bertz CT molecular complexity index is 1310. The molecule has 0 saturated carbocycles. The van der Waals surface area contributed by atoms with E-state index in [9.17, 15) is 26.4 Å². The number of nitrogens with zero attached hydrogens (tertiary/aromatic N) is 3. The number of benzene rings is 2. The molecular formula is C22H20ClF3N4O3S. The molecule has 1 saturated heterocycles. The molecule has 1 amide bonds. The van der Waals surface area contributed by atoms with Crippen molar-refractivity contribution in [1.29, 1.82) is 0 Å². The molecule has 0 unspecified atom stereocenters. The standard InChI is InChI=1S/C22H20ClF3N4O3S/c1-29-12-19(27-13-29)34(32,33)30-10-16(14-6-3-2-4-7-14)18(11-30)28-21(31)15-8-5-9-17(20(15)23)22(24,25)26/h2-9,12-13,16,18H,10-11H2,1H3,(H,28,31)/t16-,18+/m1/s1. The maximum atomic E-state index is 13.2. The molecule has 2 atom stereocenters. The summed E-state index contributed by atoms with van der Waals surface area (Å²) < 4.78 is 68.7. The molecule has 0 spiro atoms. The third-order valence-electron chi connectivity index (χ3n) is 5.66. The van der Waals surface area contributed by atoms with Crippen LogP contribution in [-0.2, 0) is 23.2 Å². The molecule has 2 heterocycles. The molecule has 1 aromatic heterocycles. The first-order chi connectivity index (χ1) is 16.0. The van der Waals surface area contributed by atoms with Crippen molar-refractivity contribution in [2.75, 3.05) is 13.1 Å². The minimum absolute atomic E-state index is 0.0597. The number of carbonyl (C=O) groups is 1. The van der Waals surface area contributed by atoms with Crippen molar-refractivity contribution in [1.82, 2.24) is 19.2 Å². The minimum atomic E-state index is -4.72. The van der Waals surface area contributed by atoms with E-state index in [4.69, 9.17) is 11.6 Å². The highest BCUT2D eigenvalue weighted by molar-refractivity contribution is 7.89. The maximum Gasteiger partial charge on any atom is 0.417 e. The van der Waals surface area contributed by atoms with E-state index in [2.05, 4.69) is 10.3 Å². The lowest BCUT2D eigenvalue weighted by Crippen LogP contribution is -2.40.